The summed E-state index contributed by atoms with van der Waals surface area (Å²) in [6, 6.07) is 7.54. The average molecular weight is 995 g/mol. The number of nitrogens with zero attached hydrogens (tertiary/aromatic N) is 4. The Morgan fingerprint density at radius 1 is 0.297 bits per heavy atom. The number of fused-ring (bicyclic) bond motifs is 18. The molecule has 6 aromatic heterocycles. The Labute approximate surface area is 434 Å². The zero-order valence-corrected chi connectivity index (χ0v) is 45.9. The topological polar surface area (TPSA) is 181 Å². The molecular formula is C60H70N10O4. The Morgan fingerprint density at radius 2 is 0.486 bits per heavy atom. The van der Waals surface area contributed by atoms with E-state index in [1.54, 1.807) is 28.4 Å². The molecule has 14 nitrogen and oxygen atoms in total. The molecule has 1 aliphatic heterocycles. The molecule has 0 saturated heterocycles. The largest absolute Gasteiger partial charge is 0.493 e. The number of nitrogens with one attached hydrogen (secondary N) is 6. The number of aromatic nitrogens is 6. The predicted octanol–water partition coefficient (Wildman–Crippen LogP) is 14.4. The highest BCUT2D eigenvalue weighted by molar-refractivity contribution is 5.93. The van der Waals surface area contributed by atoms with Gasteiger partial charge in [0.15, 0.2) is 23.0 Å². The van der Waals surface area contributed by atoms with E-state index in [9.17, 15) is 0 Å². The summed E-state index contributed by atoms with van der Waals surface area (Å²) in [5.74, 6) is 2.26. The maximum Gasteiger partial charge on any atom is 0.163 e. The molecule has 0 fully saturated rings. The summed E-state index contributed by atoms with van der Waals surface area (Å²) in [7, 11) is 6.54. The van der Waals surface area contributed by atoms with Crippen molar-refractivity contribution >= 4 is 47.6 Å². The molecule has 0 atom stereocenters. The molecule has 0 amide bonds. The van der Waals surface area contributed by atoms with Crippen LogP contribution in [0.15, 0.2) is 44.2 Å². The molecule has 1 aliphatic rings. The van der Waals surface area contributed by atoms with Crippen molar-refractivity contribution in [2.45, 2.75) is 109 Å². The van der Waals surface area contributed by atoms with Crippen LogP contribution in [0, 0.1) is 55.4 Å². The Hall–Kier alpha value is -8.00. The third-order valence-corrected chi connectivity index (χ3v) is 15.5. The van der Waals surface area contributed by atoms with Crippen LogP contribution in [0.1, 0.15) is 117 Å². The van der Waals surface area contributed by atoms with Crippen LogP contribution in [-0.4, -0.2) is 83.2 Å². The Bertz CT molecular complexity index is 3130. The van der Waals surface area contributed by atoms with Crippen molar-refractivity contribution in [3.63, 3.8) is 0 Å². The standard InChI is InChI=1S/C60H70N10O4/c1-17-37-33(9)57-53-29(5)30(6)54(69-53)58-34(10)38(18-2)47(66-58)27-63-43-23-51(73-15)52(74-16)24-44(43)64-28-48-40(20-4)36(12)60(68-48)56-32(8)31(7)55(70-56)59-35(11)39(19-3)46(67-59)26-62-42-22-50(72-14)49(71-13)21-41(42)61-25-45(37)65-57/h21-28,65-70H,17-20H2,1-16H3. The molecule has 0 aliphatic carbocycles. The quantitative estimate of drug-likeness (QED) is 0.0887. The number of rotatable bonds is 8. The molecule has 8 aromatic rings. The fourth-order valence-electron chi connectivity index (χ4n) is 10.9. The van der Waals surface area contributed by atoms with Gasteiger partial charge in [-0.3, -0.25) is 20.0 Å². The fraction of sp³-hybridized carbons (Fsp3) is 0.333. The van der Waals surface area contributed by atoms with Gasteiger partial charge in [-0.2, -0.15) is 0 Å². The molecule has 12 bridgehead atoms. The van der Waals surface area contributed by atoms with Crippen LogP contribution in [0.3, 0.4) is 0 Å². The van der Waals surface area contributed by atoms with Crippen LogP contribution < -0.4 is 18.9 Å². The number of benzene rings is 2. The molecule has 2 aromatic carbocycles. The van der Waals surface area contributed by atoms with Crippen LogP contribution >= 0.6 is 0 Å². The lowest BCUT2D eigenvalue weighted by Crippen LogP contribution is -1.92. The van der Waals surface area contributed by atoms with Gasteiger partial charge in [0.05, 0.1) is 144 Å². The molecule has 7 heterocycles. The molecule has 0 unspecified atom stereocenters. The van der Waals surface area contributed by atoms with Gasteiger partial charge in [-0.1, -0.05) is 27.7 Å². The van der Waals surface area contributed by atoms with Crippen LogP contribution in [0.5, 0.6) is 23.0 Å². The van der Waals surface area contributed by atoms with Crippen LogP contribution in [0.2, 0.25) is 0 Å². The Morgan fingerprint density at radius 3 is 0.662 bits per heavy atom. The van der Waals surface area contributed by atoms with E-state index >= 15 is 0 Å². The van der Waals surface area contributed by atoms with Crippen LogP contribution in [0.25, 0.3) is 45.6 Å². The lowest BCUT2D eigenvalue weighted by molar-refractivity contribution is 0.355. The van der Waals surface area contributed by atoms with Crippen molar-refractivity contribution in [1.82, 2.24) is 29.9 Å². The number of aromatic amines is 6. The van der Waals surface area contributed by atoms with Crippen molar-refractivity contribution in [2.75, 3.05) is 28.4 Å². The van der Waals surface area contributed by atoms with Crippen molar-refractivity contribution in [3.8, 4) is 68.5 Å². The summed E-state index contributed by atoms with van der Waals surface area (Å²) in [6.07, 6.45) is 10.8. The molecule has 0 radical (unpaired) electrons. The van der Waals surface area contributed by atoms with Gasteiger partial charge in [-0.15, -0.1) is 0 Å². The van der Waals surface area contributed by atoms with E-state index in [1.165, 1.54) is 22.3 Å². The van der Waals surface area contributed by atoms with Crippen LogP contribution in [0.4, 0.5) is 22.7 Å². The van der Waals surface area contributed by atoms with Gasteiger partial charge in [-0.25, -0.2) is 0 Å². The summed E-state index contributed by atoms with van der Waals surface area (Å²) in [6.45, 7) is 26.1. The van der Waals surface area contributed by atoms with Crippen molar-refractivity contribution < 1.29 is 18.9 Å². The maximum atomic E-state index is 5.80. The molecule has 0 spiro atoms. The molecule has 9 rings (SSSR count). The third kappa shape index (κ3) is 8.59. The van der Waals surface area contributed by atoms with E-state index in [0.717, 1.165) is 139 Å². The fourth-order valence-corrected chi connectivity index (χ4v) is 10.9. The molecule has 384 valence electrons. The summed E-state index contributed by atoms with van der Waals surface area (Å²) >= 11 is 0. The average Bonchev–Trinajstić information content (AvgIpc) is 4.23. The monoisotopic (exact) mass is 995 g/mol. The first-order chi connectivity index (χ1) is 35.6. The predicted molar refractivity (Wildman–Crippen MR) is 304 cm³/mol. The minimum absolute atomic E-state index is 0.564. The summed E-state index contributed by atoms with van der Waals surface area (Å²) in [4.78, 5) is 43.4. The van der Waals surface area contributed by atoms with E-state index in [-0.39, 0.29) is 0 Å². The second kappa shape index (κ2) is 20.5. The van der Waals surface area contributed by atoms with Crippen molar-refractivity contribution in [3.05, 3.63) is 114 Å². The second-order valence-corrected chi connectivity index (χ2v) is 19.2. The van der Waals surface area contributed by atoms with Crippen molar-refractivity contribution in [2.24, 2.45) is 20.0 Å². The van der Waals surface area contributed by atoms with Crippen molar-refractivity contribution in [1.29, 1.82) is 0 Å². The highest BCUT2D eigenvalue weighted by Crippen LogP contribution is 2.44. The number of ether oxygens (including phenoxy) is 4. The van der Waals surface area contributed by atoms with Crippen LogP contribution in [-0.2, 0) is 25.7 Å². The molecule has 6 N–H and O–H groups in total. The molecule has 74 heavy (non-hydrogen) atoms. The summed E-state index contributed by atoms with van der Waals surface area (Å²) in [5, 5.41) is 0. The first-order valence-corrected chi connectivity index (χ1v) is 25.6. The van der Waals surface area contributed by atoms with Gasteiger partial charge < -0.3 is 48.9 Å². The normalized spacial score (nSPS) is 12.3. The minimum Gasteiger partial charge on any atom is -0.493 e. The zero-order chi connectivity index (χ0) is 52.9. The minimum atomic E-state index is 0.564. The lowest BCUT2D eigenvalue weighted by atomic mass is 10.0. The first kappa shape index (κ1) is 50.9. The summed E-state index contributed by atoms with van der Waals surface area (Å²) < 4.78 is 23.2. The highest BCUT2D eigenvalue weighted by atomic mass is 16.5. The molecule has 0 saturated carbocycles. The number of aliphatic imine (C=N–C) groups is 4. The SMILES string of the molecule is CCc1c2[nH]c(c1C)-c1[nH]c(c(C)c1C)-c1[nH]c(c(CC)c1C)C=Nc1cc(OC)c(OC)cc1N=Cc1[nH]c(c(C)c1CC)-c1[nH]c(c(C)c1C)-c1[nH]c(c(CC)c1C)C=Nc1cc(OC)c(OC)cc1N=C2. The third-order valence-electron chi connectivity index (χ3n) is 15.5. The smallest absolute Gasteiger partial charge is 0.163 e. The molecular weight excluding hydrogens is 925 g/mol. The number of H-pyrrole nitrogens is 6. The first-order valence-electron chi connectivity index (χ1n) is 25.6. The van der Waals surface area contributed by atoms with E-state index in [1.807, 2.05) is 49.1 Å². The van der Waals surface area contributed by atoms with E-state index in [4.69, 9.17) is 38.9 Å². The van der Waals surface area contributed by atoms with E-state index in [0.29, 0.717) is 45.7 Å². The van der Waals surface area contributed by atoms with Gasteiger partial charge in [0.1, 0.15) is 0 Å². The number of methoxy groups -OCH3 is 4. The number of hydrogen-bond acceptors (Lipinski definition) is 8. The highest BCUT2D eigenvalue weighted by Gasteiger charge is 2.26. The Kier molecular flexibility index (Phi) is 14.1. The van der Waals surface area contributed by atoms with Gasteiger partial charge in [-0.05, 0) is 148 Å². The van der Waals surface area contributed by atoms with E-state index < -0.39 is 0 Å². The molecule has 14 heteroatoms. The summed E-state index contributed by atoms with van der Waals surface area (Å²) in [5.41, 5.74) is 28.4. The van der Waals surface area contributed by atoms with Gasteiger partial charge in [0.2, 0.25) is 0 Å². The Balaban J connectivity index is 1.28. The lowest BCUT2D eigenvalue weighted by Gasteiger charge is -2.10. The van der Waals surface area contributed by atoms with Gasteiger partial charge in [0.25, 0.3) is 0 Å². The van der Waals surface area contributed by atoms with Gasteiger partial charge >= 0.3 is 0 Å². The van der Waals surface area contributed by atoms with E-state index in [2.05, 4.69) is 113 Å². The second-order valence-electron chi connectivity index (χ2n) is 19.2. The van der Waals surface area contributed by atoms with Gasteiger partial charge in [0, 0.05) is 24.3 Å². The number of hydrogen-bond donors (Lipinski definition) is 6. The maximum absolute atomic E-state index is 5.80. The zero-order valence-electron chi connectivity index (χ0n) is 45.9.